The average Bonchev–Trinajstić information content (AvgIpc) is 2.93. The number of ketones is 1. The smallest absolute Gasteiger partial charge is 0.171 e. The van der Waals surface area contributed by atoms with Gasteiger partial charge in [-0.2, -0.15) is 0 Å². The van der Waals surface area contributed by atoms with Gasteiger partial charge in [0.1, 0.15) is 5.82 Å². The van der Waals surface area contributed by atoms with Gasteiger partial charge in [-0.3, -0.25) is 4.79 Å². The molecule has 2 fully saturated rings. The number of rotatable bonds is 2. The molecule has 0 N–H and O–H groups in total. The summed E-state index contributed by atoms with van der Waals surface area (Å²) in [5.41, 5.74) is 1.14. The molecule has 2 bridgehead atoms. The van der Waals surface area contributed by atoms with E-state index in [4.69, 9.17) is 4.74 Å². The predicted molar refractivity (Wildman–Crippen MR) is 61.5 cm³/mol. The molecule has 2 nitrogen and oxygen atoms in total. The zero-order valence-corrected chi connectivity index (χ0v) is 9.78. The van der Waals surface area contributed by atoms with Gasteiger partial charge in [0, 0.05) is 0 Å². The largest absolute Gasteiger partial charge is 0.374 e. The summed E-state index contributed by atoms with van der Waals surface area (Å²) in [6.45, 7) is 1.87. The summed E-state index contributed by atoms with van der Waals surface area (Å²) >= 11 is 0. The van der Waals surface area contributed by atoms with Crippen molar-refractivity contribution in [1.82, 2.24) is 0 Å². The Morgan fingerprint density at radius 2 is 2.24 bits per heavy atom. The highest BCUT2D eigenvalue weighted by molar-refractivity contribution is 5.98. The molecule has 3 atom stereocenters. The van der Waals surface area contributed by atoms with Crippen molar-refractivity contribution in [2.75, 3.05) is 0 Å². The molecule has 2 aliphatic heterocycles. The molecule has 2 heterocycles. The van der Waals surface area contributed by atoms with E-state index in [0.717, 1.165) is 24.8 Å². The number of halogens is 1. The number of aryl methyl sites for hydroxylation is 1. The van der Waals surface area contributed by atoms with Gasteiger partial charge in [-0.25, -0.2) is 4.39 Å². The average molecular weight is 234 g/mol. The highest BCUT2D eigenvalue weighted by atomic mass is 19.1. The van der Waals surface area contributed by atoms with Crippen LogP contribution < -0.4 is 0 Å². The molecule has 1 aromatic carbocycles. The van der Waals surface area contributed by atoms with Crippen molar-refractivity contribution in [2.45, 2.75) is 38.4 Å². The van der Waals surface area contributed by atoms with Gasteiger partial charge in [0.05, 0.1) is 23.7 Å². The first-order valence-electron chi connectivity index (χ1n) is 6.11. The first kappa shape index (κ1) is 10.9. The summed E-state index contributed by atoms with van der Waals surface area (Å²) in [7, 11) is 0. The van der Waals surface area contributed by atoms with Crippen molar-refractivity contribution in [1.29, 1.82) is 0 Å². The van der Waals surface area contributed by atoms with Crippen molar-refractivity contribution in [2.24, 2.45) is 5.92 Å². The van der Waals surface area contributed by atoms with Crippen LogP contribution in [-0.4, -0.2) is 18.0 Å². The van der Waals surface area contributed by atoms with Gasteiger partial charge in [0.25, 0.3) is 0 Å². The van der Waals surface area contributed by atoms with Gasteiger partial charge in [0.2, 0.25) is 0 Å². The Morgan fingerprint density at radius 1 is 1.41 bits per heavy atom. The number of carbonyl (C=O) groups is 1. The molecule has 0 radical (unpaired) electrons. The Balaban J connectivity index is 1.89. The lowest BCUT2D eigenvalue weighted by atomic mass is 9.83. The molecule has 1 aromatic rings. The van der Waals surface area contributed by atoms with E-state index in [-0.39, 0.29) is 29.5 Å². The minimum Gasteiger partial charge on any atom is -0.374 e. The molecule has 17 heavy (non-hydrogen) atoms. The third kappa shape index (κ3) is 1.78. The van der Waals surface area contributed by atoms with Crippen molar-refractivity contribution >= 4 is 5.78 Å². The number of benzene rings is 1. The Labute approximate surface area is 99.8 Å². The fourth-order valence-electron chi connectivity index (χ4n) is 2.94. The molecule has 90 valence electrons. The third-order valence-corrected chi connectivity index (χ3v) is 3.83. The molecular weight excluding hydrogens is 219 g/mol. The van der Waals surface area contributed by atoms with Crippen molar-refractivity contribution in [3.63, 3.8) is 0 Å². The van der Waals surface area contributed by atoms with Crippen LogP contribution in [0.2, 0.25) is 0 Å². The van der Waals surface area contributed by atoms with Crippen LogP contribution >= 0.6 is 0 Å². The SMILES string of the molecule is Cc1ccc(F)c(C(=O)C2CC3CCC2O3)c1. The minimum absolute atomic E-state index is 0.0208. The number of hydrogen-bond donors (Lipinski definition) is 0. The molecule has 0 aromatic heterocycles. The standard InChI is InChI=1S/C14H15FO2/c1-8-2-4-12(15)10(6-8)14(16)11-7-9-3-5-13(11)17-9/h2,4,6,9,11,13H,3,5,7H2,1H3. The van der Waals surface area contributed by atoms with Crippen LogP contribution in [0.1, 0.15) is 35.2 Å². The second-order valence-electron chi connectivity index (χ2n) is 5.06. The van der Waals surface area contributed by atoms with E-state index in [0.29, 0.717) is 0 Å². The first-order chi connectivity index (χ1) is 8.15. The summed E-state index contributed by atoms with van der Waals surface area (Å²) in [4.78, 5) is 12.3. The van der Waals surface area contributed by atoms with Gasteiger partial charge in [-0.1, -0.05) is 11.6 Å². The maximum absolute atomic E-state index is 13.7. The van der Waals surface area contributed by atoms with Crippen molar-refractivity contribution in [3.05, 3.63) is 35.1 Å². The summed E-state index contributed by atoms with van der Waals surface area (Å²) in [6.07, 6.45) is 2.99. The van der Waals surface area contributed by atoms with E-state index in [9.17, 15) is 9.18 Å². The van der Waals surface area contributed by atoms with Crippen molar-refractivity contribution < 1.29 is 13.9 Å². The highest BCUT2D eigenvalue weighted by Crippen LogP contribution is 2.40. The van der Waals surface area contributed by atoms with Gasteiger partial charge in [-0.05, 0) is 38.3 Å². The van der Waals surface area contributed by atoms with Gasteiger partial charge < -0.3 is 4.74 Å². The maximum atomic E-state index is 13.7. The third-order valence-electron chi connectivity index (χ3n) is 3.83. The Bertz CT molecular complexity index is 469. The van der Waals surface area contributed by atoms with E-state index in [1.807, 2.05) is 6.92 Å². The van der Waals surface area contributed by atoms with Crippen LogP contribution in [-0.2, 0) is 4.74 Å². The van der Waals surface area contributed by atoms with Gasteiger partial charge in [-0.15, -0.1) is 0 Å². The number of ether oxygens (including phenoxy) is 1. The number of carbonyl (C=O) groups excluding carboxylic acids is 1. The second-order valence-corrected chi connectivity index (χ2v) is 5.06. The molecule has 0 aliphatic carbocycles. The Hall–Kier alpha value is -1.22. The zero-order chi connectivity index (χ0) is 12.0. The number of hydrogen-bond acceptors (Lipinski definition) is 2. The molecular formula is C14H15FO2. The lowest BCUT2D eigenvalue weighted by molar-refractivity contribution is 0.0740. The molecule has 0 saturated carbocycles. The molecule has 2 saturated heterocycles. The summed E-state index contributed by atoms with van der Waals surface area (Å²) in [6, 6.07) is 4.70. The van der Waals surface area contributed by atoms with Gasteiger partial charge in [0.15, 0.2) is 5.78 Å². The second kappa shape index (κ2) is 3.91. The summed E-state index contributed by atoms with van der Waals surface area (Å²) < 4.78 is 19.3. The molecule has 0 amide bonds. The van der Waals surface area contributed by atoms with Crippen LogP contribution in [0.5, 0.6) is 0 Å². The van der Waals surface area contributed by atoms with Crippen LogP contribution in [0.4, 0.5) is 4.39 Å². The predicted octanol–water partition coefficient (Wildman–Crippen LogP) is 2.88. The van der Waals surface area contributed by atoms with E-state index in [1.165, 1.54) is 6.07 Å². The zero-order valence-electron chi connectivity index (χ0n) is 9.78. The van der Waals surface area contributed by atoms with Gasteiger partial charge >= 0.3 is 0 Å². The maximum Gasteiger partial charge on any atom is 0.171 e. The summed E-state index contributed by atoms with van der Waals surface area (Å²) in [5, 5.41) is 0. The normalized spacial score (nSPS) is 30.8. The van der Waals surface area contributed by atoms with Crippen LogP contribution in [0.3, 0.4) is 0 Å². The fourth-order valence-corrected chi connectivity index (χ4v) is 2.94. The highest BCUT2D eigenvalue weighted by Gasteiger charge is 2.44. The lowest BCUT2D eigenvalue weighted by Gasteiger charge is -2.17. The van der Waals surface area contributed by atoms with E-state index < -0.39 is 5.82 Å². The van der Waals surface area contributed by atoms with E-state index >= 15 is 0 Å². The minimum atomic E-state index is -0.414. The fraction of sp³-hybridized carbons (Fsp3) is 0.500. The topological polar surface area (TPSA) is 26.3 Å². The van der Waals surface area contributed by atoms with Crippen molar-refractivity contribution in [3.8, 4) is 0 Å². The Kier molecular flexibility index (Phi) is 2.51. The first-order valence-corrected chi connectivity index (χ1v) is 6.11. The molecule has 3 heteroatoms. The monoisotopic (exact) mass is 234 g/mol. The quantitative estimate of drug-likeness (QED) is 0.735. The Morgan fingerprint density at radius 3 is 2.88 bits per heavy atom. The lowest BCUT2D eigenvalue weighted by Crippen LogP contribution is -2.26. The summed E-state index contributed by atoms with van der Waals surface area (Å²) in [5.74, 6) is -0.633. The van der Waals surface area contributed by atoms with Crippen LogP contribution in [0.15, 0.2) is 18.2 Å². The molecule has 0 spiro atoms. The van der Waals surface area contributed by atoms with E-state index in [1.54, 1.807) is 12.1 Å². The van der Waals surface area contributed by atoms with E-state index in [2.05, 4.69) is 0 Å². The molecule has 3 unspecified atom stereocenters. The molecule has 3 rings (SSSR count). The molecule has 2 aliphatic rings. The number of fused-ring (bicyclic) bond motifs is 2. The van der Waals surface area contributed by atoms with Crippen LogP contribution in [0, 0.1) is 18.7 Å². The van der Waals surface area contributed by atoms with Crippen LogP contribution in [0.25, 0.3) is 0 Å². The number of Topliss-reactive ketones (excluding diaryl/α,β-unsaturated/α-hetero) is 1.